The molecule has 6 nitrogen and oxygen atoms in total. The molecule has 0 atom stereocenters. The number of hydrogen-bond acceptors (Lipinski definition) is 4. The van der Waals surface area contributed by atoms with Crippen molar-refractivity contribution in [2.75, 3.05) is 0 Å². The van der Waals surface area contributed by atoms with Crippen LogP contribution in [0.3, 0.4) is 0 Å². The van der Waals surface area contributed by atoms with Gasteiger partial charge in [-0.05, 0) is 17.7 Å². The van der Waals surface area contributed by atoms with E-state index in [0.29, 0.717) is 0 Å². The lowest BCUT2D eigenvalue weighted by atomic mass is 10.1. The summed E-state index contributed by atoms with van der Waals surface area (Å²) < 4.78 is 21.8. The average molecular weight is 229 g/mol. The van der Waals surface area contributed by atoms with Crippen LogP contribution in [0.4, 0.5) is 0 Å². The Morgan fingerprint density at radius 3 is 2.27 bits per heavy atom. The minimum atomic E-state index is -3.66. The molecule has 0 fully saturated rings. The zero-order valence-corrected chi connectivity index (χ0v) is 8.61. The number of oxime groups is 1. The van der Waals surface area contributed by atoms with Crippen molar-refractivity contribution in [1.29, 1.82) is 0 Å². The van der Waals surface area contributed by atoms with Crippen molar-refractivity contribution >= 4 is 15.9 Å². The summed E-state index contributed by atoms with van der Waals surface area (Å²) in [7, 11) is -3.66. The van der Waals surface area contributed by atoms with Crippen molar-refractivity contribution < 1.29 is 13.6 Å². The molecule has 5 N–H and O–H groups in total. The second-order valence-electron chi connectivity index (χ2n) is 2.96. The van der Waals surface area contributed by atoms with Gasteiger partial charge in [0.15, 0.2) is 0 Å². The predicted molar refractivity (Wildman–Crippen MR) is 54.9 cm³/mol. The van der Waals surface area contributed by atoms with Crippen LogP contribution < -0.4 is 10.9 Å². The third-order valence-electron chi connectivity index (χ3n) is 1.77. The molecule has 0 radical (unpaired) electrons. The molecule has 82 valence electrons. The van der Waals surface area contributed by atoms with Crippen LogP contribution in [0.15, 0.2) is 34.3 Å². The number of nitrogens with zero attached hydrogens (tertiary/aromatic N) is 1. The first-order chi connectivity index (χ1) is 6.93. The van der Waals surface area contributed by atoms with Crippen LogP contribution in [0.1, 0.15) is 5.56 Å². The summed E-state index contributed by atoms with van der Waals surface area (Å²) >= 11 is 0. The molecule has 7 heteroatoms. The van der Waals surface area contributed by atoms with Crippen LogP contribution in [0, 0.1) is 0 Å². The van der Waals surface area contributed by atoms with Gasteiger partial charge < -0.3 is 10.9 Å². The summed E-state index contributed by atoms with van der Waals surface area (Å²) in [6.07, 6.45) is 0.251. The zero-order chi connectivity index (χ0) is 11.5. The molecule has 0 aliphatic heterocycles. The normalized spacial score (nSPS) is 12.7. The highest BCUT2D eigenvalue weighted by molar-refractivity contribution is 7.89. The topological polar surface area (TPSA) is 119 Å². The first-order valence-electron chi connectivity index (χ1n) is 4.01. The number of hydrogen-bond donors (Lipinski definition) is 3. The highest BCUT2D eigenvalue weighted by Gasteiger charge is 2.06. The second-order valence-corrected chi connectivity index (χ2v) is 4.52. The van der Waals surface area contributed by atoms with Gasteiger partial charge in [-0.15, -0.1) is 0 Å². The molecule has 0 bridgehead atoms. The fourth-order valence-corrected chi connectivity index (χ4v) is 1.56. The fraction of sp³-hybridized carbons (Fsp3) is 0.125. The molecule has 0 aromatic heterocycles. The summed E-state index contributed by atoms with van der Waals surface area (Å²) in [6, 6.07) is 5.85. The zero-order valence-electron chi connectivity index (χ0n) is 7.79. The van der Waals surface area contributed by atoms with Gasteiger partial charge in [-0.1, -0.05) is 17.3 Å². The Morgan fingerprint density at radius 2 is 1.87 bits per heavy atom. The summed E-state index contributed by atoms with van der Waals surface area (Å²) in [4.78, 5) is 0.0331. The average Bonchev–Trinajstić information content (AvgIpc) is 2.17. The molecule has 0 amide bonds. The molecular weight excluding hydrogens is 218 g/mol. The maximum Gasteiger partial charge on any atom is 0.238 e. The minimum absolute atomic E-state index is 0.0331. The Balaban J connectivity index is 2.91. The highest BCUT2D eigenvalue weighted by Crippen LogP contribution is 2.08. The largest absolute Gasteiger partial charge is 0.409 e. The van der Waals surface area contributed by atoms with Crippen LogP contribution in [-0.4, -0.2) is 19.5 Å². The van der Waals surface area contributed by atoms with E-state index < -0.39 is 10.0 Å². The Morgan fingerprint density at radius 1 is 1.33 bits per heavy atom. The smallest absolute Gasteiger partial charge is 0.238 e. The molecule has 0 spiro atoms. The fourth-order valence-electron chi connectivity index (χ4n) is 1.04. The lowest BCUT2D eigenvalue weighted by molar-refractivity contribution is 0.317. The van der Waals surface area contributed by atoms with Crippen molar-refractivity contribution in [1.82, 2.24) is 0 Å². The molecule has 0 heterocycles. The molecule has 0 saturated carbocycles. The number of primary sulfonamides is 1. The van der Waals surface area contributed by atoms with Crippen LogP contribution in [0.25, 0.3) is 0 Å². The second kappa shape index (κ2) is 4.28. The maximum absolute atomic E-state index is 10.9. The van der Waals surface area contributed by atoms with Crippen molar-refractivity contribution in [2.24, 2.45) is 16.0 Å². The van der Waals surface area contributed by atoms with Gasteiger partial charge in [0.1, 0.15) is 5.84 Å². The molecular formula is C8H11N3O3S. The van der Waals surface area contributed by atoms with Crippen molar-refractivity contribution in [3.63, 3.8) is 0 Å². The molecule has 0 unspecified atom stereocenters. The summed E-state index contributed by atoms with van der Waals surface area (Å²) in [5, 5.41) is 16.1. The van der Waals surface area contributed by atoms with Crippen LogP contribution >= 0.6 is 0 Å². The van der Waals surface area contributed by atoms with Gasteiger partial charge in [0, 0.05) is 6.42 Å². The monoisotopic (exact) mass is 229 g/mol. The first kappa shape index (κ1) is 11.5. The van der Waals surface area contributed by atoms with E-state index in [1.165, 1.54) is 12.1 Å². The maximum atomic E-state index is 10.9. The number of nitrogens with two attached hydrogens (primary N) is 2. The molecule has 15 heavy (non-hydrogen) atoms. The van der Waals surface area contributed by atoms with Crippen LogP contribution in [0.2, 0.25) is 0 Å². The summed E-state index contributed by atoms with van der Waals surface area (Å²) in [5.41, 5.74) is 6.02. The molecule has 1 aromatic rings. The first-order valence-corrected chi connectivity index (χ1v) is 5.56. The summed E-state index contributed by atoms with van der Waals surface area (Å²) in [5.74, 6) is 0.0540. The quantitative estimate of drug-likeness (QED) is 0.283. The number of rotatable bonds is 3. The Labute approximate surface area is 87.2 Å². The predicted octanol–water partition coefficient (Wildman–Crippen LogP) is -0.377. The number of benzene rings is 1. The van der Waals surface area contributed by atoms with E-state index in [2.05, 4.69) is 5.16 Å². The van der Waals surface area contributed by atoms with Gasteiger partial charge in [-0.25, -0.2) is 13.6 Å². The van der Waals surface area contributed by atoms with E-state index in [4.69, 9.17) is 16.1 Å². The third-order valence-corrected chi connectivity index (χ3v) is 2.69. The van der Waals surface area contributed by atoms with Crippen LogP contribution in [0.5, 0.6) is 0 Å². The van der Waals surface area contributed by atoms with Gasteiger partial charge in [0.05, 0.1) is 4.90 Å². The third kappa shape index (κ3) is 3.22. The molecule has 1 rings (SSSR count). The van der Waals surface area contributed by atoms with Gasteiger partial charge in [0.2, 0.25) is 10.0 Å². The molecule has 0 aliphatic rings. The standard InChI is InChI=1S/C8H11N3O3S/c9-8(11-12)5-6-1-3-7(4-2-6)15(10,13)14/h1-4,12H,5H2,(H2,9,11)(H2,10,13,14). The molecule has 1 aromatic carbocycles. The van der Waals surface area contributed by atoms with E-state index in [9.17, 15) is 8.42 Å². The Kier molecular flexibility index (Phi) is 3.28. The van der Waals surface area contributed by atoms with Crippen molar-refractivity contribution in [3.8, 4) is 0 Å². The van der Waals surface area contributed by atoms with Gasteiger partial charge in [-0.3, -0.25) is 0 Å². The van der Waals surface area contributed by atoms with E-state index in [-0.39, 0.29) is 17.2 Å². The molecule has 0 saturated heterocycles. The van der Waals surface area contributed by atoms with Crippen molar-refractivity contribution in [2.45, 2.75) is 11.3 Å². The number of sulfonamides is 1. The van der Waals surface area contributed by atoms with E-state index in [1.807, 2.05) is 0 Å². The van der Waals surface area contributed by atoms with E-state index >= 15 is 0 Å². The van der Waals surface area contributed by atoms with Crippen LogP contribution in [-0.2, 0) is 16.4 Å². The minimum Gasteiger partial charge on any atom is -0.409 e. The Hall–Kier alpha value is -1.60. The van der Waals surface area contributed by atoms with Gasteiger partial charge in [-0.2, -0.15) is 0 Å². The molecule has 0 aliphatic carbocycles. The number of amidine groups is 1. The van der Waals surface area contributed by atoms with Crippen molar-refractivity contribution in [3.05, 3.63) is 29.8 Å². The van der Waals surface area contributed by atoms with E-state index in [0.717, 1.165) is 5.56 Å². The Bertz CT molecular complexity index is 464. The summed E-state index contributed by atoms with van der Waals surface area (Å²) in [6.45, 7) is 0. The van der Waals surface area contributed by atoms with Gasteiger partial charge in [0.25, 0.3) is 0 Å². The van der Waals surface area contributed by atoms with Gasteiger partial charge >= 0.3 is 0 Å². The SMILES string of the molecule is N/C(Cc1ccc(S(N)(=O)=O)cc1)=N/O. The highest BCUT2D eigenvalue weighted by atomic mass is 32.2. The lowest BCUT2D eigenvalue weighted by Crippen LogP contribution is -2.15. The van der Waals surface area contributed by atoms with E-state index in [1.54, 1.807) is 12.1 Å². The lowest BCUT2D eigenvalue weighted by Gasteiger charge is -2.01.